The van der Waals surface area contributed by atoms with Gasteiger partial charge < -0.3 is 60.2 Å². The van der Waals surface area contributed by atoms with E-state index in [2.05, 4.69) is 6.58 Å². The van der Waals surface area contributed by atoms with E-state index >= 15 is 0 Å². The van der Waals surface area contributed by atoms with Gasteiger partial charge >= 0.3 is 11.9 Å². The molecule has 0 aliphatic carbocycles. The molecule has 0 amide bonds. The van der Waals surface area contributed by atoms with E-state index in [-0.39, 0.29) is 38.2 Å². The Hall–Kier alpha value is -3.54. The third kappa shape index (κ3) is 19.0. The first-order valence-corrected chi connectivity index (χ1v) is 20.0. The van der Waals surface area contributed by atoms with E-state index in [1.807, 2.05) is 55.5 Å². The van der Waals surface area contributed by atoms with Crippen LogP contribution in [0.15, 0.2) is 97.7 Å². The van der Waals surface area contributed by atoms with Crippen molar-refractivity contribution in [2.75, 3.05) is 6.61 Å². The lowest BCUT2D eigenvalue weighted by Gasteiger charge is -2.44. The smallest absolute Gasteiger partial charge is 0.314 e. The molecule has 14 nitrogen and oxygen atoms in total. The Bertz CT molecular complexity index is 1450. The molecule has 0 unspecified atom stereocenters. The van der Waals surface area contributed by atoms with Crippen molar-refractivity contribution in [1.82, 2.24) is 0 Å². The van der Waals surface area contributed by atoms with Gasteiger partial charge in [-0.3, -0.25) is 9.59 Å². The lowest BCUT2D eigenvalue weighted by atomic mass is 9.82. The maximum absolute atomic E-state index is 12.9. The average molecular weight is 819 g/mol. The Morgan fingerprint density at radius 2 is 1.31 bits per heavy atom. The first-order valence-electron chi connectivity index (χ1n) is 20.0. The number of hydrogen-bond donors (Lipinski definition) is 9. The first-order chi connectivity index (χ1) is 27.5. The Kier molecular flexibility index (Phi) is 23.2. The monoisotopic (exact) mass is 818 g/mol. The second-order valence-corrected chi connectivity index (χ2v) is 15.3. The Morgan fingerprint density at radius 1 is 0.741 bits per heavy atom. The quantitative estimate of drug-likeness (QED) is 0.147. The van der Waals surface area contributed by atoms with Crippen LogP contribution in [0, 0.1) is 17.8 Å². The van der Waals surface area contributed by atoms with Crippen LogP contribution in [-0.4, -0.2) is 131 Å². The Morgan fingerprint density at radius 3 is 1.90 bits per heavy atom. The van der Waals surface area contributed by atoms with Gasteiger partial charge in [-0.15, -0.1) is 0 Å². The molecule has 2 rings (SSSR count). The molecule has 2 aliphatic heterocycles. The number of aliphatic hydroxyl groups excluding tert-OH is 8. The number of fused-ring (bicyclic) bond motifs is 2. The van der Waals surface area contributed by atoms with E-state index in [1.165, 1.54) is 12.2 Å². The molecule has 1 saturated heterocycles. The summed E-state index contributed by atoms with van der Waals surface area (Å²) >= 11 is 0. The summed E-state index contributed by atoms with van der Waals surface area (Å²) in [4.78, 5) is 25.5. The van der Waals surface area contributed by atoms with Crippen LogP contribution < -0.4 is 0 Å². The van der Waals surface area contributed by atoms with Gasteiger partial charge in [-0.1, -0.05) is 112 Å². The fourth-order valence-corrected chi connectivity index (χ4v) is 6.75. The van der Waals surface area contributed by atoms with Crippen molar-refractivity contribution >= 4 is 11.9 Å². The molecule has 2 heterocycles. The normalized spacial score (nSPS) is 41.4. The summed E-state index contributed by atoms with van der Waals surface area (Å²) in [6.45, 7) is 8.61. The van der Waals surface area contributed by atoms with Crippen LogP contribution in [0.3, 0.4) is 0 Å². The molecule has 58 heavy (non-hydrogen) atoms. The summed E-state index contributed by atoms with van der Waals surface area (Å²) in [5, 5.41) is 96.9. The molecule has 0 radical (unpaired) electrons. The zero-order chi connectivity index (χ0) is 43.3. The van der Waals surface area contributed by atoms with Crippen LogP contribution in [-0.2, 0) is 23.8 Å². The highest BCUT2D eigenvalue weighted by Crippen LogP contribution is 2.38. The highest BCUT2D eigenvalue weighted by atomic mass is 16.6. The maximum atomic E-state index is 12.9. The van der Waals surface area contributed by atoms with Gasteiger partial charge in [0, 0.05) is 37.5 Å². The van der Waals surface area contributed by atoms with Crippen LogP contribution in [0.4, 0.5) is 0 Å². The third-order valence-corrected chi connectivity index (χ3v) is 10.2. The maximum Gasteiger partial charge on any atom is 0.314 e. The lowest BCUT2D eigenvalue weighted by molar-refractivity contribution is -0.300. The average Bonchev–Trinajstić information content (AvgIpc) is 3.14. The number of rotatable bonds is 3. The molecule has 326 valence electrons. The van der Waals surface area contributed by atoms with Crippen LogP contribution >= 0.6 is 0 Å². The van der Waals surface area contributed by atoms with Crippen molar-refractivity contribution in [3.63, 3.8) is 0 Å². The fourth-order valence-electron chi connectivity index (χ4n) is 6.75. The van der Waals surface area contributed by atoms with Crippen molar-refractivity contribution in [2.24, 2.45) is 17.8 Å². The molecule has 2 aliphatic rings. The topological polar surface area (TPSA) is 244 Å². The van der Waals surface area contributed by atoms with E-state index in [4.69, 9.17) is 14.2 Å². The Balaban J connectivity index is 2.23. The van der Waals surface area contributed by atoms with Crippen molar-refractivity contribution in [2.45, 2.75) is 139 Å². The minimum absolute atomic E-state index is 0.0679. The minimum Gasteiger partial charge on any atom is -0.462 e. The zero-order valence-electron chi connectivity index (χ0n) is 33.8. The second-order valence-electron chi connectivity index (χ2n) is 15.3. The van der Waals surface area contributed by atoms with Gasteiger partial charge in [-0.25, -0.2) is 0 Å². The summed E-state index contributed by atoms with van der Waals surface area (Å²) in [7, 11) is 0. The largest absolute Gasteiger partial charge is 0.462 e. The van der Waals surface area contributed by atoms with Gasteiger partial charge in [0.1, 0.15) is 18.6 Å². The van der Waals surface area contributed by atoms with Gasteiger partial charge in [-0.05, 0) is 26.2 Å². The van der Waals surface area contributed by atoms with Crippen molar-refractivity contribution in [3.05, 3.63) is 97.7 Å². The van der Waals surface area contributed by atoms with Crippen LogP contribution in [0.25, 0.3) is 0 Å². The van der Waals surface area contributed by atoms with E-state index in [0.29, 0.717) is 0 Å². The molecule has 0 spiro atoms. The molecule has 0 aromatic rings. The van der Waals surface area contributed by atoms with Crippen molar-refractivity contribution in [3.8, 4) is 0 Å². The summed E-state index contributed by atoms with van der Waals surface area (Å²) in [6.07, 6.45) is 11.1. The number of allylic oxidation sites excluding steroid dienone is 12. The van der Waals surface area contributed by atoms with E-state index in [9.17, 15) is 55.5 Å². The summed E-state index contributed by atoms with van der Waals surface area (Å²) < 4.78 is 16.5. The molecule has 14 atom stereocenters. The second kappa shape index (κ2) is 26.5. The number of aliphatic hydroxyl groups is 9. The minimum atomic E-state index is -2.19. The highest BCUT2D eigenvalue weighted by Gasteiger charge is 2.50. The van der Waals surface area contributed by atoms with Crippen LogP contribution in [0.1, 0.15) is 72.1 Å². The van der Waals surface area contributed by atoms with Crippen molar-refractivity contribution < 1.29 is 69.8 Å². The molecule has 2 bridgehead atoms. The number of ether oxygens (including phenoxy) is 3. The molecule has 9 N–H and O–H groups in total. The molecular weight excluding hydrogens is 752 g/mol. The van der Waals surface area contributed by atoms with E-state index in [1.54, 1.807) is 44.2 Å². The van der Waals surface area contributed by atoms with Crippen LogP contribution in [0.5, 0.6) is 0 Å². The highest BCUT2D eigenvalue weighted by molar-refractivity contribution is 5.74. The van der Waals surface area contributed by atoms with Gasteiger partial charge in [0.05, 0.1) is 61.4 Å². The first kappa shape index (κ1) is 50.6. The molecule has 14 heteroatoms. The predicted molar refractivity (Wildman–Crippen MR) is 217 cm³/mol. The predicted octanol–water partition coefficient (Wildman–Crippen LogP) is 2.54. The van der Waals surface area contributed by atoms with E-state index < -0.39 is 116 Å². The van der Waals surface area contributed by atoms with Gasteiger partial charge in [0.15, 0.2) is 5.79 Å². The Labute approximate surface area is 342 Å². The summed E-state index contributed by atoms with van der Waals surface area (Å²) in [6, 6.07) is 0. The summed E-state index contributed by atoms with van der Waals surface area (Å²) in [5.41, 5.74) is 0. The SMILES string of the molecule is C=CCOC(=O)[C@H]1[C@@H]2C[C@@H](O)/C=C/C=C/C=C/C=C/C=C/C=C/C=C/[C@H](C)[C@@H](O)[C@@H](C)[C@H](C)OC(=O)C[C@H](O)C[C@H](O)CC[C@@H](O)[C@H](O)C[C@H](O)C[C@](O)(C[C@@H]1O)O2. The van der Waals surface area contributed by atoms with E-state index in [0.717, 1.165) is 0 Å². The molecule has 0 saturated carbocycles. The number of hydrogen-bond acceptors (Lipinski definition) is 14. The van der Waals surface area contributed by atoms with Gasteiger partial charge in [-0.2, -0.15) is 0 Å². The van der Waals surface area contributed by atoms with Gasteiger partial charge in [0.2, 0.25) is 0 Å². The number of esters is 2. The zero-order valence-corrected chi connectivity index (χ0v) is 33.8. The number of carbonyl (C=O) groups excluding carboxylic acids is 2. The molecule has 1 fully saturated rings. The van der Waals surface area contributed by atoms with Crippen LogP contribution in [0.2, 0.25) is 0 Å². The van der Waals surface area contributed by atoms with Gasteiger partial charge in [0.25, 0.3) is 0 Å². The lowest BCUT2D eigenvalue weighted by Crippen LogP contribution is -2.56. The molecule has 0 aromatic carbocycles. The third-order valence-electron chi connectivity index (χ3n) is 10.2. The number of cyclic esters (lactones) is 1. The molecular formula is C44H66O14. The number of carbonyl (C=O) groups is 2. The fraction of sp³-hybridized carbons (Fsp3) is 0.591. The van der Waals surface area contributed by atoms with Crippen molar-refractivity contribution in [1.29, 1.82) is 0 Å². The standard InChI is InChI=1S/C44H66O14/c1-5-22-56-43(54)41-38(51)28-44(55)27-35(48)24-37(50)36(49)21-20-33(46)23-34(47)26-40(52)57-31(4)30(3)42(53)29(2)18-16-14-12-10-8-6-7-9-11-13-15-17-19-32(45)25-39(41)58-44/h5-19,29-39,41-42,45-51,53,55H,1,20-28H2,2-4H3/b7-6+,10-8+,11-9+,14-12+,15-13+,18-16+,19-17+/t29-,30-,31-,32-,33+,34+,35-,36+,37+,38-,39-,41+,42+,44+/m0/s1. The summed E-state index contributed by atoms with van der Waals surface area (Å²) in [5.74, 6) is -5.70. The molecule has 0 aromatic heterocycles.